The van der Waals surface area contributed by atoms with Crippen LogP contribution in [0.5, 0.6) is 0 Å². The van der Waals surface area contributed by atoms with Crippen molar-refractivity contribution in [2.45, 2.75) is 52.0 Å². The highest BCUT2D eigenvalue weighted by molar-refractivity contribution is 5.79. The molecule has 0 spiro atoms. The normalized spacial score (nSPS) is 26.1. The number of piperidine rings is 1. The summed E-state index contributed by atoms with van der Waals surface area (Å²) in [7, 11) is 0. The summed E-state index contributed by atoms with van der Waals surface area (Å²) in [4.78, 5) is 19.1. The number of likely N-dealkylation sites (tertiary alicyclic amines) is 1. The van der Waals surface area contributed by atoms with E-state index in [1.54, 1.807) is 0 Å². The third kappa shape index (κ3) is 3.01. The maximum Gasteiger partial charge on any atom is 0.226 e. The van der Waals surface area contributed by atoms with Crippen LogP contribution in [-0.2, 0) is 4.79 Å². The lowest BCUT2D eigenvalue weighted by Crippen LogP contribution is -2.44. The number of aromatic nitrogens is 3. The molecule has 0 aromatic carbocycles. The van der Waals surface area contributed by atoms with Gasteiger partial charge in [0.2, 0.25) is 5.91 Å². The second-order valence-electron chi connectivity index (χ2n) is 6.21. The van der Waals surface area contributed by atoms with Crippen LogP contribution < -0.4 is 0 Å². The number of hydrogen-bond acceptors (Lipinski definition) is 3. The Kier molecular flexibility index (Phi) is 4.08. The number of aryl methyl sites for hydroxylation is 2. The van der Waals surface area contributed by atoms with Gasteiger partial charge in [0.15, 0.2) is 0 Å². The molecule has 3 rings (SSSR count). The van der Waals surface area contributed by atoms with E-state index in [9.17, 15) is 4.79 Å². The molecule has 5 nitrogen and oxygen atoms in total. The minimum Gasteiger partial charge on any atom is -0.340 e. The molecule has 114 valence electrons. The lowest BCUT2D eigenvalue weighted by molar-refractivity contribution is -0.137. The van der Waals surface area contributed by atoms with Gasteiger partial charge in [0, 0.05) is 19.0 Å². The van der Waals surface area contributed by atoms with Gasteiger partial charge in [0.25, 0.3) is 0 Å². The highest BCUT2D eigenvalue weighted by Gasteiger charge is 2.30. The summed E-state index contributed by atoms with van der Waals surface area (Å²) in [5.74, 6) is 2.28. The molecule has 2 heterocycles. The zero-order chi connectivity index (χ0) is 14.8. The van der Waals surface area contributed by atoms with Crippen molar-refractivity contribution < 1.29 is 4.79 Å². The Labute approximate surface area is 126 Å². The highest BCUT2D eigenvalue weighted by atomic mass is 16.2. The van der Waals surface area contributed by atoms with Crippen molar-refractivity contribution in [2.24, 2.45) is 5.92 Å². The van der Waals surface area contributed by atoms with Crippen LogP contribution in [-0.4, -0.2) is 38.7 Å². The average molecular weight is 288 g/mol. The first-order valence-corrected chi connectivity index (χ1v) is 7.98. The Morgan fingerprint density at radius 3 is 2.81 bits per heavy atom. The molecule has 1 aromatic heterocycles. The van der Waals surface area contributed by atoms with Crippen LogP contribution >= 0.6 is 0 Å². The predicted octanol–water partition coefficient (Wildman–Crippen LogP) is 2.41. The lowest BCUT2D eigenvalue weighted by Gasteiger charge is -2.35. The molecular weight excluding hydrogens is 264 g/mol. The van der Waals surface area contributed by atoms with E-state index in [-0.39, 0.29) is 12.0 Å². The van der Waals surface area contributed by atoms with E-state index in [4.69, 9.17) is 0 Å². The Balaban J connectivity index is 1.69. The molecule has 1 amide bonds. The zero-order valence-electron chi connectivity index (χ0n) is 13.0. The van der Waals surface area contributed by atoms with Crippen LogP contribution in [0, 0.1) is 19.8 Å². The third-order valence-electron chi connectivity index (χ3n) is 4.58. The fourth-order valence-corrected chi connectivity index (χ4v) is 3.51. The van der Waals surface area contributed by atoms with Crippen molar-refractivity contribution in [2.75, 3.05) is 13.1 Å². The smallest absolute Gasteiger partial charge is 0.226 e. The van der Waals surface area contributed by atoms with Gasteiger partial charge in [-0.15, -0.1) is 0 Å². The standard InChI is InChI=1S/C16H24N4O/c1-12-17-13(2)20(18-12)15-9-6-10-19(11-15)16(21)14-7-4-3-5-8-14/h3-4,14-15H,5-11H2,1-2H3/t14-,15+/m1/s1. The quantitative estimate of drug-likeness (QED) is 0.785. The molecule has 0 saturated carbocycles. The number of rotatable bonds is 2. The number of hydrogen-bond donors (Lipinski definition) is 0. The Morgan fingerprint density at radius 1 is 1.29 bits per heavy atom. The van der Waals surface area contributed by atoms with Gasteiger partial charge in [-0.1, -0.05) is 12.2 Å². The number of allylic oxidation sites excluding steroid dienone is 2. The van der Waals surface area contributed by atoms with Crippen LogP contribution in [0.4, 0.5) is 0 Å². The van der Waals surface area contributed by atoms with Crippen LogP contribution in [0.3, 0.4) is 0 Å². The van der Waals surface area contributed by atoms with Gasteiger partial charge in [-0.3, -0.25) is 4.79 Å². The van der Waals surface area contributed by atoms with Gasteiger partial charge in [0.05, 0.1) is 6.04 Å². The second-order valence-corrected chi connectivity index (χ2v) is 6.21. The fourth-order valence-electron chi connectivity index (χ4n) is 3.51. The number of nitrogens with zero attached hydrogens (tertiary/aromatic N) is 4. The zero-order valence-corrected chi connectivity index (χ0v) is 13.0. The Bertz CT molecular complexity index is 548. The van der Waals surface area contributed by atoms with Crippen molar-refractivity contribution in [3.8, 4) is 0 Å². The van der Waals surface area contributed by atoms with Gasteiger partial charge in [0.1, 0.15) is 11.6 Å². The van der Waals surface area contributed by atoms with E-state index < -0.39 is 0 Å². The van der Waals surface area contributed by atoms with E-state index in [1.807, 2.05) is 18.5 Å². The fraction of sp³-hybridized carbons (Fsp3) is 0.688. The van der Waals surface area contributed by atoms with E-state index in [1.165, 1.54) is 0 Å². The van der Waals surface area contributed by atoms with Crippen LogP contribution in [0.25, 0.3) is 0 Å². The van der Waals surface area contributed by atoms with Gasteiger partial charge in [-0.25, -0.2) is 9.67 Å². The molecule has 21 heavy (non-hydrogen) atoms. The molecule has 1 saturated heterocycles. The molecule has 1 aliphatic carbocycles. The minimum absolute atomic E-state index is 0.187. The molecule has 5 heteroatoms. The van der Waals surface area contributed by atoms with Crippen molar-refractivity contribution in [1.29, 1.82) is 0 Å². The Morgan fingerprint density at radius 2 is 2.14 bits per heavy atom. The lowest BCUT2D eigenvalue weighted by atomic mass is 9.92. The number of amides is 1. The summed E-state index contributed by atoms with van der Waals surface area (Å²) in [6, 6.07) is 0.281. The van der Waals surface area contributed by atoms with E-state index in [2.05, 4.69) is 27.1 Å². The van der Waals surface area contributed by atoms with Crippen LogP contribution in [0.15, 0.2) is 12.2 Å². The first-order valence-electron chi connectivity index (χ1n) is 7.98. The van der Waals surface area contributed by atoms with Gasteiger partial charge in [-0.2, -0.15) is 5.10 Å². The average Bonchev–Trinajstić information content (AvgIpc) is 2.86. The Hall–Kier alpha value is -1.65. The molecule has 0 bridgehead atoms. The first-order chi connectivity index (χ1) is 10.1. The molecule has 2 atom stereocenters. The van der Waals surface area contributed by atoms with E-state index in [0.29, 0.717) is 5.91 Å². The summed E-state index contributed by atoms with van der Waals surface area (Å²) in [6.45, 7) is 5.58. The molecular formula is C16H24N4O. The maximum absolute atomic E-state index is 12.7. The summed E-state index contributed by atoms with van der Waals surface area (Å²) in [5.41, 5.74) is 0. The molecule has 0 unspecified atom stereocenters. The monoisotopic (exact) mass is 288 g/mol. The van der Waals surface area contributed by atoms with Crippen molar-refractivity contribution in [3.63, 3.8) is 0 Å². The van der Waals surface area contributed by atoms with E-state index >= 15 is 0 Å². The minimum atomic E-state index is 0.187. The molecule has 0 radical (unpaired) electrons. The molecule has 0 N–H and O–H groups in total. The van der Waals surface area contributed by atoms with Crippen LogP contribution in [0.1, 0.15) is 49.8 Å². The number of carbonyl (C=O) groups is 1. The van der Waals surface area contributed by atoms with E-state index in [0.717, 1.165) is 56.8 Å². The van der Waals surface area contributed by atoms with Crippen molar-refractivity contribution in [1.82, 2.24) is 19.7 Å². The largest absolute Gasteiger partial charge is 0.340 e. The molecule has 1 aromatic rings. The molecule has 1 aliphatic heterocycles. The first kappa shape index (κ1) is 14.3. The second kappa shape index (κ2) is 6.00. The maximum atomic E-state index is 12.7. The van der Waals surface area contributed by atoms with Gasteiger partial charge in [-0.05, 0) is 46.0 Å². The number of carbonyl (C=O) groups excluding carboxylic acids is 1. The van der Waals surface area contributed by atoms with Crippen molar-refractivity contribution in [3.05, 3.63) is 23.8 Å². The topological polar surface area (TPSA) is 51.0 Å². The SMILES string of the molecule is Cc1nc(C)n([C@H]2CCCN(C(=O)[C@@H]3CC=CCC3)C2)n1. The predicted molar refractivity (Wildman–Crippen MR) is 80.8 cm³/mol. The van der Waals surface area contributed by atoms with Gasteiger partial charge < -0.3 is 4.90 Å². The third-order valence-corrected chi connectivity index (χ3v) is 4.58. The summed E-state index contributed by atoms with van der Waals surface area (Å²) < 4.78 is 2.01. The van der Waals surface area contributed by atoms with Gasteiger partial charge >= 0.3 is 0 Å². The molecule has 2 aliphatic rings. The summed E-state index contributed by atoms with van der Waals surface area (Å²) in [6.07, 6.45) is 9.41. The van der Waals surface area contributed by atoms with Crippen LogP contribution in [0.2, 0.25) is 0 Å². The summed E-state index contributed by atoms with van der Waals surface area (Å²) in [5, 5.41) is 4.50. The van der Waals surface area contributed by atoms with Crippen molar-refractivity contribution >= 4 is 5.91 Å². The molecule has 1 fully saturated rings. The summed E-state index contributed by atoms with van der Waals surface area (Å²) >= 11 is 0. The highest BCUT2D eigenvalue weighted by Crippen LogP contribution is 2.26.